The summed E-state index contributed by atoms with van der Waals surface area (Å²) >= 11 is 0. The molecule has 0 unspecified atom stereocenters. The molecule has 2 saturated heterocycles. The van der Waals surface area contributed by atoms with Gasteiger partial charge >= 0.3 is 5.97 Å². The van der Waals surface area contributed by atoms with E-state index >= 15 is 0 Å². The van der Waals surface area contributed by atoms with Gasteiger partial charge in [0.1, 0.15) is 19.0 Å². The van der Waals surface area contributed by atoms with Crippen molar-refractivity contribution in [2.75, 3.05) is 13.9 Å². The smallest absolute Gasteiger partial charge is 0.306 e. The number of hydrogen-bond acceptors (Lipinski definition) is 7. The number of allylic oxidation sites excluding steroid dienone is 2. The molecular weight excluding hydrogens is 376 g/mol. The molecule has 0 radical (unpaired) electrons. The minimum absolute atomic E-state index is 0.0172. The van der Waals surface area contributed by atoms with Gasteiger partial charge in [-0.25, -0.2) is 0 Å². The van der Waals surface area contributed by atoms with Gasteiger partial charge in [-0.05, 0) is 31.3 Å². The number of esters is 1. The highest BCUT2D eigenvalue weighted by Crippen LogP contribution is 2.69. The predicted molar refractivity (Wildman–Crippen MR) is 100 cm³/mol. The Morgan fingerprint density at radius 2 is 1.93 bits per heavy atom. The Labute approximate surface area is 170 Å². The largest absolute Gasteiger partial charge is 0.493 e. The Bertz CT molecular complexity index is 803. The zero-order valence-corrected chi connectivity index (χ0v) is 17.6. The van der Waals surface area contributed by atoms with E-state index in [1.807, 2.05) is 13.0 Å². The van der Waals surface area contributed by atoms with Gasteiger partial charge in [-0.3, -0.25) is 9.59 Å². The lowest BCUT2D eigenvalue weighted by atomic mass is 9.37. The molecule has 0 amide bonds. The average molecular weight is 406 g/mol. The maximum atomic E-state index is 13.7. The van der Waals surface area contributed by atoms with E-state index in [0.717, 1.165) is 0 Å². The Morgan fingerprint density at radius 1 is 1.21 bits per heavy atom. The summed E-state index contributed by atoms with van der Waals surface area (Å²) in [5.74, 6) is -0.517. The van der Waals surface area contributed by atoms with Crippen LogP contribution in [0.3, 0.4) is 0 Å². The molecule has 7 nitrogen and oxygen atoms in total. The van der Waals surface area contributed by atoms with E-state index in [4.69, 9.17) is 18.9 Å². The lowest BCUT2D eigenvalue weighted by Crippen LogP contribution is -2.77. The van der Waals surface area contributed by atoms with Crippen LogP contribution in [0.2, 0.25) is 0 Å². The number of fused-ring (bicyclic) bond motifs is 4. The third-order valence-electron chi connectivity index (χ3n) is 9.04. The molecule has 3 aliphatic carbocycles. The fourth-order valence-corrected chi connectivity index (χ4v) is 7.82. The van der Waals surface area contributed by atoms with Gasteiger partial charge in [0, 0.05) is 22.7 Å². The zero-order chi connectivity index (χ0) is 20.9. The van der Waals surface area contributed by atoms with Gasteiger partial charge in [-0.15, -0.1) is 0 Å². The summed E-state index contributed by atoms with van der Waals surface area (Å²) < 4.78 is 23.3. The summed E-state index contributed by atoms with van der Waals surface area (Å²) in [6.07, 6.45) is 1.17. The van der Waals surface area contributed by atoms with Gasteiger partial charge < -0.3 is 24.1 Å². The van der Waals surface area contributed by atoms with Gasteiger partial charge in [0.15, 0.2) is 5.76 Å². The van der Waals surface area contributed by atoms with E-state index in [-0.39, 0.29) is 54.7 Å². The van der Waals surface area contributed by atoms with Crippen LogP contribution in [0.15, 0.2) is 11.8 Å². The van der Waals surface area contributed by atoms with E-state index in [1.165, 1.54) is 7.11 Å². The van der Waals surface area contributed by atoms with Crippen molar-refractivity contribution in [2.24, 2.45) is 34.5 Å². The second-order valence-electron chi connectivity index (χ2n) is 10.2. The quantitative estimate of drug-likeness (QED) is 0.664. The highest BCUT2D eigenvalue weighted by Gasteiger charge is 2.77. The minimum Gasteiger partial charge on any atom is -0.493 e. The number of aliphatic hydroxyl groups is 1. The normalized spacial score (nSPS) is 55.9. The molecule has 0 spiro atoms. The fraction of sp³-hybridized carbons (Fsp3) is 0.818. The van der Waals surface area contributed by atoms with Crippen LogP contribution < -0.4 is 0 Å². The zero-order valence-electron chi connectivity index (χ0n) is 17.6. The van der Waals surface area contributed by atoms with Crippen molar-refractivity contribution in [2.45, 2.75) is 64.4 Å². The van der Waals surface area contributed by atoms with Crippen molar-refractivity contribution in [3.05, 3.63) is 11.8 Å². The first-order valence-corrected chi connectivity index (χ1v) is 10.5. The number of ether oxygens (including phenoxy) is 4. The first kappa shape index (κ1) is 19.5. The number of carbonyl (C=O) groups excluding carboxylic acids is 2. The molecule has 2 saturated carbocycles. The molecule has 2 heterocycles. The molecule has 5 rings (SSSR count). The van der Waals surface area contributed by atoms with Crippen molar-refractivity contribution in [1.82, 2.24) is 0 Å². The summed E-state index contributed by atoms with van der Waals surface area (Å²) in [4.78, 5) is 26.2. The molecule has 0 bridgehead atoms. The Kier molecular flexibility index (Phi) is 3.92. The number of hydrogen-bond donors (Lipinski definition) is 1. The van der Waals surface area contributed by atoms with Crippen molar-refractivity contribution in [1.29, 1.82) is 0 Å². The SMILES string of the molecule is COC1=C[C@@H](C)[C@H]2C[C@H]3OC(=O)C[C@H]4[C@](C)(O)[C@@H]5OCO[C@H]5[C@H]([C@@]2(C)C1=O)[C@@]34C. The molecule has 4 fully saturated rings. The van der Waals surface area contributed by atoms with Gasteiger partial charge in [0.05, 0.1) is 25.2 Å². The topological polar surface area (TPSA) is 91.3 Å². The molecule has 2 aliphatic heterocycles. The summed E-state index contributed by atoms with van der Waals surface area (Å²) in [5, 5.41) is 11.5. The van der Waals surface area contributed by atoms with E-state index < -0.39 is 28.6 Å². The second kappa shape index (κ2) is 5.83. The second-order valence-corrected chi connectivity index (χ2v) is 10.2. The Balaban J connectivity index is 1.74. The van der Waals surface area contributed by atoms with E-state index in [9.17, 15) is 14.7 Å². The van der Waals surface area contributed by atoms with Crippen LogP contribution >= 0.6 is 0 Å². The third-order valence-corrected chi connectivity index (χ3v) is 9.04. The number of rotatable bonds is 1. The number of ketones is 1. The highest BCUT2D eigenvalue weighted by atomic mass is 16.7. The maximum Gasteiger partial charge on any atom is 0.306 e. The van der Waals surface area contributed by atoms with Crippen LogP contribution in [0.1, 0.15) is 40.5 Å². The highest BCUT2D eigenvalue weighted by molar-refractivity contribution is 5.99. The van der Waals surface area contributed by atoms with Gasteiger partial charge in [0.2, 0.25) is 5.78 Å². The number of Topliss-reactive ketones (excluding diaryl/α,β-unsaturated/α-hetero) is 1. The number of methoxy groups -OCH3 is 1. The standard InChI is InChI=1S/C22H30O7/c1-10-6-12(26-5)18(24)20(2)11(10)7-14-21(3)13(8-15(23)29-14)22(4,25)19-16(17(20)21)27-9-28-19/h6,10-11,13-14,16-17,19,25H,7-9H2,1-5H3/t10-,11-,13-,14-,16+,17-,19-,20+,21-,22+/m1/s1. The fourth-order valence-electron chi connectivity index (χ4n) is 7.82. The first-order chi connectivity index (χ1) is 13.6. The van der Waals surface area contributed by atoms with Gasteiger partial charge in [-0.2, -0.15) is 0 Å². The summed E-state index contributed by atoms with van der Waals surface area (Å²) in [5.41, 5.74) is -2.63. The predicted octanol–water partition coefficient (Wildman–Crippen LogP) is 1.82. The van der Waals surface area contributed by atoms with Crippen molar-refractivity contribution < 1.29 is 33.6 Å². The summed E-state index contributed by atoms with van der Waals surface area (Å²) in [7, 11) is 1.53. The third kappa shape index (κ3) is 2.14. The monoisotopic (exact) mass is 406 g/mol. The van der Waals surface area contributed by atoms with Gasteiger partial charge in [-0.1, -0.05) is 20.8 Å². The lowest BCUT2D eigenvalue weighted by Gasteiger charge is -2.69. The number of carbonyl (C=O) groups is 2. The first-order valence-electron chi connectivity index (χ1n) is 10.5. The molecular formula is C22H30O7. The minimum atomic E-state index is -1.25. The van der Waals surface area contributed by atoms with Crippen LogP contribution in [0, 0.1) is 34.5 Å². The summed E-state index contributed by atoms with van der Waals surface area (Å²) in [6.45, 7) is 7.97. The Morgan fingerprint density at radius 3 is 2.62 bits per heavy atom. The van der Waals surface area contributed by atoms with E-state index in [2.05, 4.69) is 13.8 Å². The van der Waals surface area contributed by atoms with Crippen LogP contribution in [-0.2, 0) is 28.5 Å². The van der Waals surface area contributed by atoms with Crippen molar-refractivity contribution in [3.8, 4) is 0 Å². The van der Waals surface area contributed by atoms with Crippen LogP contribution in [0.5, 0.6) is 0 Å². The molecule has 5 aliphatic rings. The van der Waals surface area contributed by atoms with Crippen LogP contribution in [0.25, 0.3) is 0 Å². The average Bonchev–Trinajstić information content (AvgIpc) is 3.13. The molecule has 0 aromatic carbocycles. The van der Waals surface area contributed by atoms with Crippen LogP contribution in [0.4, 0.5) is 0 Å². The molecule has 0 aromatic heterocycles. The van der Waals surface area contributed by atoms with E-state index in [0.29, 0.717) is 12.2 Å². The molecule has 0 aromatic rings. The van der Waals surface area contributed by atoms with Gasteiger partial charge in [0.25, 0.3) is 0 Å². The molecule has 160 valence electrons. The summed E-state index contributed by atoms with van der Waals surface area (Å²) in [6, 6.07) is 0. The van der Waals surface area contributed by atoms with Crippen molar-refractivity contribution in [3.63, 3.8) is 0 Å². The maximum absolute atomic E-state index is 13.7. The Hall–Kier alpha value is -1.44. The van der Waals surface area contributed by atoms with E-state index in [1.54, 1.807) is 6.92 Å². The van der Waals surface area contributed by atoms with Crippen molar-refractivity contribution >= 4 is 11.8 Å². The molecule has 7 heteroatoms. The molecule has 10 atom stereocenters. The van der Waals surface area contributed by atoms with Crippen LogP contribution in [-0.4, -0.2) is 54.7 Å². The molecule has 29 heavy (non-hydrogen) atoms. The molecule has 1 N–H and O–H groups in total. The lowest BCUT2D eigenvalue weighted by molar-refractivity contribution is -0.293.